The van der Waals surface area contributed by atoms with Crippen LogP contribution in [0.15, 0.2) is 30.3 Å². The first kappa shape index (κ1) is 46.2. The van der Waals surface area contributed by atoms with Gasteiger partial charge in [-0.15, -0.1) is 0 Å². The standard InChI is InChI=1S/C36H64O14/c1-3-34(2)33-49-30-29-47-26-25-45-22-21-43-18-17-41-14-13-39-10-9-38-11-12-40-15-16-42-19-20-44-23-24-46-27-28-48-31-32-50-36(37)35-7-5-4-6-8-35/h4-8,34H,3,9-33H2,1-2H3. The zero-order chi connectivity index (χ0) is 35.8. The second kappa shape index (κ2) is 38.4. The summed E-state index contributed by atoms with van der Waals surface area (Å²) in [7, 11) is 0. The number of hydrogen-bond donors (Lipinski definition) is 0. The van der Waals surface area contributed by atoms with Crippen LogP contribution in [0.1, 0.15) is 30.6 Å². The number of ether oxygens (including phenoxy) is 13. The lowest BCUT2D eigenvalue weighted by molar-refractivity contribution is -0.0290. The second-order valence-corrected chi connectivity index (χ2v) is 10.8. The van der Waals surface area contributed by atoms with Crippen molar-refractivity contribution in [2.75, 3.05) is 165 Å². The molecule has 0 heterocycles. The van der Waals surface area contributed by atoms with E-state index in [4.69, 9.17) is 61.6 Å². The zero-order valence-corrected chi connectivity index (χ0v) is 30.6. The number of carbonyl (C=O) groups is 1. The largest absolute Gasteiger partial charge is 0.460 e. The molecule has 0 saturated carbocycles. The lowest BCUT2D eigenvalue weighted by Gasteiger charge is -2.10. The van der Waals surface area contributed by atoms with E-state index in [1.165, 1.54) is 0 Å². The molecule has 0 saturated heterocycles. The van der Waals surface area contributed by atoms with Gasteiger partial charge in [0.25, 0.3) is 0 Å². The van der Waals surface area contributed by atoms with Crippen LogP contribution in [0.3, 0.4) is 0 Å². The molecule has 0 amide bonds. The Hall–Kier alpha value is -1.79. The molecule has 14 heteroatoms. The Balaban J connectivity index is 1.63. The summed E-state index contributed by atoms with van der Waals surface area (Å²) in [6, 6.07) is 8.85. The van der Waals surface area contributed by atoms with Gasteiger partial charge in [-0.05, 0) is 18.1 Å². The van der Waals surface area contributed by atoms with E-state index in [9.17, 15) is 4.79 Å². The highest BCUT2D eigenvalue weighted by Gasteiger charge is 2.05. The molecule has 1 rings (SSSR count). The van der Waals surface area contributed by atoms with E-state index < -0.39 is 0 Å². The van der Waals surface area contributed by atoms with Gasteiger partial charge in [0.1, 0.15) is 6.61 Å². The summed E-state index contributed by atoms with van der Waals surface area (Å²) in [4.78, 5) is 11.8. The molecule has 0 radical (unpaired) electrons. The molecule has 1 atom stereocenters. The molecule has 1 aromatic rings. The summed E-state index contributed by atoms with van der Waals surface area (Å²) in [6.45, 7) is 16.8. The van der Waals surface area contributed by atoms with Gasteiger partial charge in [-0.2, -0.15) is 0 Å². The first-order valence-electron chi connectivity index (χ1n) is 17.9. The van der Waals surface area contributed by atoms with Crippen LogP contribution in [0, 0.1) is 5.92 Å². The van der Waals surface area contributed by atoms with Gasteiger partial charge in [-0.1, -0.05) is 38.5 Å². The summed E-state index contributed by atoms with van der Waals surface area (Å²) in [5, 5.41) is 0. The molecule has 0 aliphatic rings. The Morgan fingerprint density at radius 2 is 0.680 bits per heavy atom. The van der Waals surface area contributed by atoms with Crippen LogP contribution in [0.2, 0.25) is 0 Å². The van der Waals surface area contributed by atoms with Gasteiger partial charge in [0.05, 0.1) is 158 Å². The Bertz CT molecular complexity index is 819. The molecule has 14 nitrogen and oxygen atoms in total. The van der Waals surface area contributed by atoms with Crippen molar-refractivity contribution in [3.8, 4) is 0 Å². The molecule has 1 aromatic carbocycles. The Labute approximate surface area is 299 Å². The van der Waals surface area contributed by atoms with Gasteiger partial charge < -0.3 is 61.6 Å². The SMILES string of the molecule is CCC(C)COCCOCCOCCOCCOCCOCCOCCOCCOCCOCCOCCOCCOC(=O)c1ccccc1. The molecule has 50 heavy (non-hydrogen) atoms. The summed E-state index contributed by atoms with van der Waals surface area (Å²) < 4.78 is 70.8. The number of rotatable bonds is 40. The first-order valence-corrected chi connectivity index (χ1v) is 17.9. The molecule has 0 N–H and O–H groups in total. The zero-order valence-electron chi connectivity index (χ0n) is 30.6. The minimum Gasteiger partial charge on any atom is -0.460 e. The minimum atomic E-state index is -0.357. The van der Waals surface area contributed by atoms with Crippen LogP contribution >= 0.6 is 0 Å². The third-order valence-corrected chi connectivity index (χ3v) is 6.66. The fourth-order valence-electron chi connectivity index (χ4n) is 3.67. The summed E-state index contributed by atoms with van der Waals surface area (Å²) in [5.41, 5.74) is 0.525. The molecule has 0 bridgehead atoms. The monoisotopic (exact) mass is 720 g/mol. The summed E-state index contributed by atoms with van der Waals surface area (Å²) in [6.07, 6.45) is 1.13. The van der Waals surface area contributed by atoms with Crippen molar-refractivity contribution in [3.63, 3.8) is 0 Å². The van der Waals surface area contributed by atoms with Gasteiger partial charge in [0, 0.05) is 6.61 Å². The Kier molecular flexibility index (Phi) is 35.5. The van der Waals surface area contributed by atoms with E-state index in [-0.39, 0.29) is 12.6 Å². The topological polar surface area (TPSA) is 137 Å². The normalized spacial score (nSPS) is 12.0. The number of esters is 1. The van der Waals surface area contributed by atoms with Gasteiger partial charge in [0.15, 0.2) is 0 Å². The fraction of sp³-hybridized carbons (Fsp3) is 0.806. The predicted octanol–water partition coefficient (Wildman–Crippen LogP) is 3.09. The molecule has 292 valence electrons. The highest BCUT2D eigenvalue weighted by Crippen LogP contribution is 2.01. The number of benzene rings is 1. The molecule has 0 aliphatic carbocycles. The van der Waals surface area contributed by atoms with Crippen molar-refractivity contribution in [1.82, 2.24) is 0 Å². The quantitative estimate of drug-likeness (QED) is 0.0726. The molecular weight excluding hydrogens is 656 g/mol. The van der Waals surface area contributed by atoms with E-state index >= 15 is 0 Å². The average molecular weight is 721 g/mol. The molecule has 0 spiro atoms. The maximum Gasteiger partial charge on any atom is 0.338 e. The van der Waals surface area contributed by atoms with Crippen LogP contribution < -0.4 is 0 Å². The molecule has 1 unspecified atom stereocenters. The lowest BCUT2D eigenvalue weighted by atomic mass is 10.1. The molecular formula is C36H64O14. The van der Waals surface area contributed by atoms with Crippen molar-refractivity contribution >= 4 is 5.97 Å². The highest BCUT2D eigenvalue weighted by atomic mass is 16.6. The molecule has 0 aliphatic heterocycles. The maximum atomic E-state index is 11.8. The van der Waals surface area contributed by atoms with Gasteiger partial charge in [-0.3, -0.25) is 0 Å². The first-order chi connectivity index (χ1) is 24.7. The smallest absolute Gasteiger partial charge is 0.338 e. The van der Waals surface area contributed by atoms with E-state index in [1.54, 1.807) is 24.3 Å². The Morgan fingerprint density at radius 3 is 0.960 bits per heavy atom. The van der Waals surface area contributed by atoms with Gasteiger partial charge >= 0.3 is 5.97 Å². The van der Waals surface area contributed by atoms with E-state index in [0.717, 1.165) is 13.0 Å². The van der Waals surface area contributed by atoms with Crippen LogP contribution in [-0.4, -0.2) is 171 Å². The third kappa shape index (κ3) is 33.4. The van der Waals surface area contributed by atoms with Crippen molar-refractivity contribution in [2.45, 2.75) is 20.3 Å². The summed E-state index contributed by atoms with van der Waals surface area (Å²) >= 11 is 0. The Morgan fingerprint density at radius 1 is 0.420 bits per heavy atom. The van der Waals surface area contributed by atoms with E-state index in [1.807, 2.05) is 6.07 Å². The van der Waals surface area contributed by atoms with Crippen LogP contribution in [0.5, 0.6) is 0 Å². The summed E-state index contributed by atoms with van der Waals surface area (Å²) in [5.74, 6) is 0.236. The number of carbonyl (C=O) groups excluding carboxylic acids is 1. The van der Waals surface area contributed by atoms with Crippen LogP contribution in [-0.2, 0) is 61.6 Å². The lowest BCUT2D eigenvalue weighted by Crippen LogP contribution is -2.16. The number of hydrogen-bond acceptors (Lipinski definition) is 14. The van der Waals surface area contributed by atoms with Crippen molar-refractivity contribution in [1.29, 1.82) is 0 Å². The van der Waals surface area contributed by atoms with Crippen LogP contribution in [0.4, 0.5) is 0 Å². The van der Waals surface area contributed by atoms with Gasteiger partial charge in [0.2, 0.25) is 0 Å². The van der Waals surface area contributed by atoms with E-state index in [2.05, 4.69) is 13.8 Å². The third-order valence-electron chi connectivity index (χ3n) is 6.66. The second-order valence-electron chi connectivity index (χ2n) is 10.8. The minimum absolute atomic E-state index is 0.201. The highest BCUT2D eigenvalue weighted by molar-refractivity contribution is 5.89. The van der Waals surface area contributed by atoms with E-state index in [0.29, 0.717) is 163 Å². The van der Waals surface area contributed by atoms with Gasteiger partial charge in [-0.25, -0.2) is 4.79 Å². The maximum absolute atomic E-state index is 11.8. The van der Waals surface area contributed by atoms with Crippen molar-refractivity contribution in [3.05, 3.63) is 35.9 Å². The van der Waals surface area contributed by atoms with Crippen molar-refractivity contribution in [2.24, 2.45) is 5.92 Å². The fourth-order valence-corrected chi connectivity index (χ4v) is 3.67. The average Bonchev–Trinajstić information content (AvgIpc) is 3.14. The molecule has 0 aromatic heterocycles. The predicted molar refractivity (Wildman–Crippen MR) is 186 cm³/mol. The molecule has 0 fully saturated rings. The van der Waals surface area contributed by atoms with Crippen LogP contribution in [0.25, 0.3) is 0 Å². The van der Waals surface area contributed by atoms with Crippen molar-refractivity contribution < 1.29 is 66.4 Å².